The van der Waals surface area contributed by atoms with Crippen LogP contribution in [-0.4, -0.2) is 31.3 Å². The minimum atomic E-state index is -4.55. The summed E-state index contributed by atoms with van der Waals surface area (Å²) in [4.78, 5) is 26.0. The van der Waals surface area contributed by atoms with Gasteiger partial charge < -0.3 is 0 Å². The van der Waals surface area contributed by atoms with E-state index < -0.39 is 39.0 Å². The van der Waals surface area contributed by atoms with Gasteiger partial charge in [-0.25, -0.2) is 18.2 Å². The fourth-order valence-corrected chi connectivity index (χ4v) is 3.35. The van der Waals surface area contributed by atoms with E-state index in [4.69, 9.17) is 0 Å². The summed E-state index contributed by atoms with van der Waals surface area (Å²) in [5, 5.41) is -0.000304. The van der Waals surface area contributed by atoms with Crippen molar-refractivity contribution in [1.29, 1.82) is 0 Å². The van der Waals surface area contributed by atoms with Gasteiger partial charge in [0.25, 0.3) is 5.91 Å². The van der Waals surface area contributed by atoms with E-state index in [1.165, 1.54) is 6.92 Å². The van der Waals surface area contributed by atoms with Gasteiger partial charge in [0.15, 0.2) is 5.25 Å². The second kappa shape index (κ2) is 5.65. The number of amides is 3. The predicted molar refractivity (Wildman–Crippen MR) is 74.4 cm³/mol. The van der Waals surface area contributed by atoms with Crippen molar-refractivity contribution in [2.24, 2.45) is 4.99 Å². The van der Waals surface area contributed by atoms with Crippen molar-refractivity contribution in [2.75, 3.05) is 4.72 Å². The van der Waals surface area contributed by atoms with E-state index in [1.807, 2.05) is 4.72 Å². The van der Waals surface area contributed by atoms with Crippen LogP contribution in [0.4, 0.5) is 23.7 Å². The molecule has 0 aliphatic carbocycles. The Labute approximate surface area is 128 Å². The molecule has 0 spiro atoms. The SMILES string of the molecule is CC1=NC(=O)NC(=O)C1S(=O)(=O)Nc1ccc(C(F)(F)F)cc1. The number of anilines is 1. The standard InChI is InChI=1S/C12H10F3N3O4S/c1-6-9(10(19)17-11(20)16-6)23(21,22)18-8-4-2-7(3-5-8)12(13,14)15/h2-5,9,18H,1H3,(H,17,19,20). The van der Waals surface area contributed by atoms with Crippen LogP contribution in [-0.2, 0) is 21.0 Å². The number of hydrogen-bond donors (Lipinski definition) is 2. The summed E-state index contributed by atoms with van der Waals surface area (Å²) in [6, 6.07) is 2.25. The molecule has 0 radical (unpaired) electrons. The van der Waals surface area contributed by atoms with Gasteiger partial charge in [-0.1, -0.05) is 0 Å². The molecule has 0 aromatic heterocycles. The maximum absolute atomic E-state index is 12.4. The number of alkyl halides is 3. The molecule has 0 saturated carbocycles. The number of sulfonamides is 1. The van der Waals surface area contributed by atoms with Crippen LogP contribution in [0.3, 0.4) is 0 Å². The Kier molecular flexibility index (Phi) is 4.16. The Morgan fingerprint density at radius 1 is 1.17 bits per heavy atom. The maximum atomic E-state index is 12.4. The van der Waals surface area contributed by atoms with Gasteiger partial charge in [0, 0.05) is 5.69 Å². The number of rotatable bonds is 3. The van der Waals surface area contributed by atoms with Crippen LogP contribution in [0.1, 0.15) is 12.5 Å². The zero-order valence-corrected chi connectivity index (χ0v) is 12.3. The van der Waals surface area contributed by atoms with Gasteiger partial charge in [0.1, 0.15) is 0 Å². The minimum Gasteiger partial charge on any atom is -0.283 e. The molecule has 2 rings (SSSR count). The van der Waals surface area contributed by atoms with Crippen LogP contribution < -0.4 is 10.0 Å². The Balaban J connectivity index is 2.26. The van der Waals surface area contributed by atoms with Gasteiger partial charge in [-0.3, -0.25) is 14.8 Å². The summed E-state index contributed by atoms with van der Waals surface area (Å²) >= 11 is 0. The summed E-state index contributed by atoms with van der Waals surface area (Å²) in [5.74, 6) is -1.08. The molecule has 1 atom stereocenters. The molecule has 23 heavy (non-hydrogen) atoms. The molecule has 1 aliphatic heterocycles. The molecule has 0 fully saturated rings. The molecule has 0 saturated heterocycles. The molecular formula is C12H10F3N3O4S. The summed E-state index contributed by atoms with van der Waals surface area (Å²) in [5.41, 5.74) is -1.34. The number of urea groups is 1. The molecular weight excluding hydrogens is 339 g/mol. The van der Waals surface area contributed by atoms with Crippen LogP contribution in [0, 0.1) is 0 Å². The van der Waals surface area contributed by atoms with E-state index in [2.05, 4.69) is 4.99 Å². The van der Waals surface area contributed by atoms with E-state index in [0.29, 0.717) is 12.1 Å². The largest absolute Gasteiger partial charge is 0.416 e. The van der Waals surface area contributed by atoms with Crippen molar-refractivity contribution >= 4 is 33.4 Å². The number of nitrogens with one attached hydrogen (secondary N) is 2. The fourth-order valence-electron chi connectivity index (χ4n) is 1.92. The highest BCUT2D eigenvalue weighted by Gasteiger charge is 2.39. The van der Waals surface area contributed by atoms with Crippen LogP contribution in [0.2, 0.25) is 0 Å². The predicted octanol–water partition coefficient (Wildman–Crippen LogP) is 1.53. The molecule has 1 heterocycles. The van der Waals surface area contributed by atoms with Gasteiger partial charge in [-0.15, -0.1) is 0 Å². The van der Waals surface area contributed by atoms with Crippen molar-refractivity contribution in [2.45, 2.75) is 18.3 Å². The number of nitrogens with zero attached hydrogens (tertiary/aromatic N) is 1. The third-order valence-corrected chi connectivity index (χ3v) is 4.60. The van der Waals surface area contributed by atoms with E-state index in [-0.39, 0.29) is 11.4 Å². The van der Waals surface area contributed by atoms with Crippen molar-refractivity contribution < 1.29 is 31.2 Å². The summed E-state index contributed by atoms with van der Waals surface area (Å²) < 4.78 is 63.7. The molecule has 124 valence electrons. The normalized spacial score (nSPS) is 19.1. The molecule has 7 nitrogen and oxygen atoms in total. The van der Waals surface area contributed by atoms with Gasteiger partial charge in [0.2, 0.25) is 10.0 Å². The molecule has 1 aromatic carbocycles. The number of carbonyl (C=O) groups is 2. The maximum Gasteiger partial charge on any atom is 0.416 e. The number of aliphatic imine (C=N–C) groups is 1. The van der Waals surface area contributed by atoms with Gasteiger partial charge >= 0.3 is 12.2 Å². The van der Waals surface area contributed by atoms with Crippen LogP contribution in [0.25, 0.3) is 0 Å². The molecule has 2 N–H and O–H groups in total. The van der Waals surface area contributed by atoms with E-state index in [1.54, 1.807) is 5.32 Å². The zero-order chi connectivity index (χ0) is 17.4. The first-order chi connectivity index (χ1) is 10.5. The lowest BCUT2D eigenvalue weighted by molar-refractivity contribution is -0.137. The average molecular weight is 349 g/mol. The van der Waals surface area contributed by atoms with Crippen molar-refractivity contribution in [3.05, 3.63) is 29.8 Å². The minimum absolute atomic E-state index is 0.157. The fraction of sp³-hybridized carbons (Fsp3) is 0.250. The van der Waals surface area contributed by atoms with Gasteiger partial charge in [-0.05, 0) is 31.2 Å². The van der Waals surface area contributed by atoms with E-state index >= 15 is 0 Å². The van der Waals surface area contributed by atoms with Gasteiger partial charge in [-0.2, -0.15) is 13.2 Å². The number of benzene rings is 1. The third-order valence-electron chi connectivity index (χ3n) is 2.91. The molecule has 0 bridgehead atoms. The smallest absolute Gasteiger partial charge is 0.283 e. The lowest BCUT2D eigenvalue weighted by Gasteiger charge is -2.20. The molecule has 1 aromatic rings. The van der Waals surface area contributed by atoms with Crippen LogP contribution >= 0.6 is 0 Å². The monoisotopic (exact) mass is 349 g/mol. The van der Waals surface area contributed by atoms with Gasteiger partial charge in [0.05, 0.1) is 11.3 Å². The Morgan fingerprint density at radius 3 is 2.22 bits per heavy atom. The molecule has 1 unspecified atom stereocenters. The molecule has 11 heteroatoms. The Hall–Kier alpha value is -2.43. The highest BCUT2D eigenvalue weighted by molar-refractivity contribution is 7.94. The Morgan fingerprint density at radius 2 is 1.74 bits per heavy atom. The quantitative estimate of drug-likeness (QED) is 0.863. The summed E-state index contributed by atoms with van der Waals surface area (Å²) in [6.45, 7) is 1.19. The lowest BCUT2D eigenvalue weighted by atomic mass is 10.2. The number of imide groups is 1. The first kappa shape index (κ1) is 16.9. The molecule has 3 amide bonds. The topological polar surface area (TPSA) is 105 Å². The second-order valence-corrected chi connectivity index (χ2v) is 6.42. The number of hydrogen-bond acceptors (Lipinski definition) is 4. The van der Waals surface area contributed by atoms with E-state index in [0.717, 1.165) is 12.1 Å². The first-order valence-corrected chi connectivity index (χ1v) is 7.64. The third kappa shape index (κ3) is 3.67. The van der Waals surface area contributed by atoms with Crippen molar-refractivity contribution in [3.63, 3.8) is 0 Å². The van der Waals surface area contributed by atoms with Crippen LogP contribution in [0.15, 0.2) is 29.3 Å². The van der Waals surface area contributed by atoms with Crippen LogP contribution in [0.5, 0.6) is 0 Å². The molecule has 1 aliphatic rings. The van der Waals surface area contributed by atoms with Crippen molar-refractivity contribution in [1.82, 2.24) is 5.32 Å². The first-order valence-electron chi connectivity index (χ1n) is 6.09. The Bertz CT molecular complexity index is 785. The number of halogens is 3. The van der Waals surface area contributed by atoms with Crippen molar-refractivity contribution in [3.8, 4) is 0 Å². The summed E-state index contributed by atoms with van der Waals surface area (Å²) in [6.07, 6.45) is -4.55. The number of carbonyl (C=O) groups excluding carboxylic acids is 2. The highest BCUT2D eigenvalue weighted by Crippen LogP contribution is 2.30. The second-order valence-electron chi connectivity index (χ2n) is 4.65. The highest BCUT2D eigenvalue weighted by atomic mass is 32.2. The lowest BCUT2D eigenvalue weighted by Crippen LogP contribution is -2.51. The summed E-state index contributed by atoms with van der Waals surface area (Å²) in [7, 11) is -4.33. The average Bonchev–Trinajstić information content (AvgIpc) is 2.35. The van der Waals surface area contributed by atoms with E-state index in [9.17, 15) is 31.2 Å². The zero-order valence-electron chi connectivity index (χ0n) is 11.5.